The highest BCUT2D eigenvalue weighted by Crippen LogP contribution is 2.59. The van der Waals surface area contributed by atoms with Crippen molar-refractivity contribution in [1.82, 2.24) is 0 Å². The van der Waals surface area contributed by atoms with Gasteiger partial charge in [0.25, 0.3) is 0 Å². The van der Waals surface area contributed by atoms with Gasteiger partial charge in [-0.15, -0.1) is 0 Å². The molecular weight excluding hydrogens is 458 g/mol. The van der Waals surface area contributed by atoms with E-state index >= 15 is 22.0 Å². The van der Waals surface area contributed by atoms with Gasteiger partial charge < -0.3 is 9.47 Å². The Labute approximate surface area is 195 Å². The molecule has 1 aliphatic heterocycles. The van der Waals surface area contributed by atoms with Gasteiger partial charge in [0.15, 0.2) is 6.29 Å². The fraction of sp³-hybridized carbons (Fsp3) is 0.538. The van der Waals surface area contributed by atoms with Gasteiger partial charge in [-0.1, -0.05) is 63.8 Å². The van der Waals surface area contributed by atoms with Crippen LogP contribution < -0.4 is 0 Å². The summed E-state index contributed by atoms with van der Waals surface area (Å²) in [6, 6.07) is 4.77. The van der Waals surface area contributed by atoms with E-state index in [0.717, 1.165) is 31.7 Å². The highest BCUT2D eigenvalue weighted by Gasteiger charge is 2.65. The Kier molecular flexibility index (Phi) is 7.02. The van der Waals surface area contributed by atoms with Crippen molar-refractivity contribution in [2.45, 2.75) is 70.5 Å². The molecule has 1 saturated heterocycles. The maximum absolute atomic E-state index is 15.5. The number of benzene rings is 2. The van der Waals surface area contributed by atoms with Crippen LogP contribution in [0.25, 0.3) is 11.1 Å². The number of unbranched alkanes of at least 4 members (excludes halogenated alkanes) is 2. The van der Waals surface area contributed by atoms with Crippen molar-refractivity contribution >= 4 is 0 Å². The van der Waals surface area contributed by atoms with E-state index < -0.39 is 52.0 Å². The highest BCUT2D eigenvalue weighted by atomic mass is 19.3. The number of fused-ring (bicyclic) bond motifs is 3. The third-order valence-corrected chi connectivity index (χ3v) is 6.66. The van der Waals surface area contributed by atoms with Crippen molar-refractivity contribution in [1.29, 1.82) is 0 Å². The molecule has 2 aromatic carbocycles. The smallest absolute Gasteiger partial charge is 0.343 e. The van der Waals surface area contributed by atoms with Crippen LogP contribution >= 0.6 is 0 Å². The summed E-state index contributed by atoms with van der Waals surface area (Å²) in [6.07, 6.45) is 3.27. The quantitative estimate of drug-likeness (QED) is 0.291. The summed E-state index contributed by atoms with van der Waals surface area (Å²) >= 11 is 0. The summed E-state index contributed by atoms with van der Waals surface area (Å²) in [6.45, 7) is 4.32. The van der Waals surface area contributed by atoms with Gasteiger partial charge in [-0.25, -0.2) is 8.78 Å². The van der Waals surface area contributed by atoms with E-state index in [9.17, 15) is 4.39 Å². The van der Waals surface area contributed by atoms with Gasteiger partial charge in [-0.3, -0.25) is 0 Å². The van der Waals surface area contributed by atoms with Crippen molar-refractivity contribution in [3.63, 3.8) is 0 Å². The van der Waals surface area contributed by atoms with Crippen LogP contribution in [0, 0.1) is 17.6 Å². The van der Waals surface area contributed by atoms with E-state index in [4.69, 9.17) is 9.47 Å². The lowest BCUT2D eigenvalue weighted by atomic mass is 9.78. The second kappa shape index (κ2) is 9.53. The molecule has 2 aliphatic rings. The molecule has 0 radical (unpaired) electrons. The fourth-order valence-electron chi connectivity index (χ4n) is 4.81. The molecule has 0 bridgehead atoms. The zero-order valence-corrected chi connectivity index (χ0v) is 19.2. The van der Waals surface area contributed by atoms with Crippen molar-refractivity contribution in [3.05, 3.63) is 58.2 Å². The van der Waals surface area contributed by atoms with Crippen LogP contribution in [0.3, 0.4) is 0 Å². The monoisotopic (exact) mass is 486 g/mol. The number of hydrogen-bond acceptors (Lipinski definition) is 2. The lowest BCUT2D eigenvalue weighted by Gasteiger charge is -2.37. The predicted molar refractivity (Wildman–Crippen MR) is 116 cm³/mol. The maximum atomic E-state index is 15.5. The molecule has 0 spiro atoms. The first-order valence-corrected chi connectivity index (χ1v) is 11.8. The number of hydrogen-bond donors (Lipinski definition) is 0. The Morgan fingerprint density at radius 2 is 1.38 bits per heavy atom. The fourth-order valence-corrected chi connectivity index (χ4v) is 4.81. The normalized spacial score (nSPS) is 22.8. The van der Waals surface area contributed by atoms with Crippen LogP contribution in [0.5, 0.6) is 0 Å². The Balaban J connectivity index is 1.72. The number of aryl methyl sites for hydroxylation is 1. The predicted octanol–water partition coefficient (Wildman–Crippen LogP) is 8.02. The standard InChI is InChI=1S/C26H28F6O2/c1-3-5-6-8-15-13-33-24(34-14-15)19-12-11-18-17-10-9-16(7-4-2)22(27)20(17)25(29,30)26(31,32)21(18)23(19)28/h9-12,15,24H,3-8,13-14H2,1-2H3. The number of rotatable bonds is 7. The summed E-state index contributed by atoms with van der Waals surface area (Å²) in [5.41, 5.74) is -4.18. The Hall–Kier alpha value is -2.06. The summed E-state index contributed by atoms with van der Waals surface area (Å²) in [5.74, 6) is -12.7. The lowest BCUT2D eigenvalue weighted by Crippen LogP contribution is -2.41. The third-order valence-electron chi connectivity index (χ3n) is 6.66. The Morgan fingerprint density at radius 1 is 0.794 bits per heavy atom. The van der Waals surface area contributed by atoms with Gasteiger partial charge in [0.05, 0.1) is 24.3 Å². The van der Waals surface area contributed by atoms with E-state index in [1.54, 1.807) is 6.92 Å². The number of alkyl halides is 4. The lowest BCUT2D eigenvalue weighted by molar-refractivity contribution is -0.229. The maximum Gasteiger partial charge on any atom is 0.343 e. The molecule has 186 valence electrons. The second-order valence-corrected chi connectivity index (χ2v) is 9.11. The van der Waals surface area contributed by atoms with E-state index in [1.165, 1.54) is 18.2 Å². The van der Waals surface area contributed by atoms with Gasteiger partial charge in [0.1, 0.15) is 11.6 Å². The number of ether oxygens (including phenoxy) is 2. The van der Waals surface area contributed by atoms with Crippen LogP contribution in [0.1, 0.15) is 74.5 Å². The summed E-state index contributed by atoms with van der Waals surface area (Å²) in [5, 5.41) is 0. The van der Waals surface area contributed by atoms with Gasteiger partial charge in [-0.05, 0) is 29.5 Å². The van der Waals surface area contributed by atoms with Crippen LogP contribution in [0.15, 0.2) is 24.3 Å². The van der Waals surface area contributed by atoms with E-state index in [2.05, 4.69) is 6.92 Å². The molecule has 1 aliphatic carbocycles. The molecular formula is C26H28F6O2. The van der Waals surface area contributed by atoms with Crippen molar-refractivity contribution < 1.29 is 35.8 Å². The van der Waals surface area contributed by atoms with Gasteiger partial charge in [0.2, 0.25) is 0 Å². The van der Waals surface area contributed by atoms with E-state index in [-0.39, 0.29) is 36.7 Å². The first kappa shape index (κ1) is 25.0. The average molecular weight is 486 g/mol. The van der Waals surface area contributed by atoms with Crippen molar-refractivity contribution in [2.24, 2.45) is 5.92 Å². The van der Waals surface area contributed by atoms with E-state index in [1.807, 2.05) is 0 Å². The summed E-state index contributed by atoms with van der Waals surface area (Å²) in [7, 11) is 0. The molecule has 0 atom stereocenters. The zero-order valence-electron chi connectivity index (χ0n) is 19.2. The minimum Gasteiger partial charge on any atom is -0.348 e. The Bertz CT molecular complexity index is 1040. The average Bonchev–Trinajstić information content (AvgIpc) is 2.80. The summed E-state index contributed by atoms with van der Waals surface area (Å²) in [4.78, 5) is 0. The van der Waals surface area contributed by atoms with Gasteiger partial charge >= 0.3 is 11.8 Å². The van der Waals surface area contributed by atoms with Crippen LogP contribution in [0.2, 0.25) is 0 Å². The molecule has 1 heterocycles. The molecule has 1 fully saturated rings. The summed E-state index contributed by atoms with van der Waals surface area (Å²) < 4.78 is 102. The first-order chi connectivity index (χ1) is 16.1. The van der Waals surface area contributed by atoms with Gasteiger partial charge in [-0.2, -0.15) is 17.6 Å². The zero-order chi connectivity index (χ0) is 24.7. The third kappa shape index (κ3) is 4.02. The van der Waals surface area contributed by atoms with Gasteiger partial charge in [0, 0.05) is 11.5 Å². The van der Waals surface area contributed by atoms with Crippen molar-refractivity contribution in [2.75, 3.05) is 13.2 Å². The molecule has 0 N–H and O–H groups in total. The topological polar surface area (TPSA) is 18.5 Å². The van der Waals surface area contributed by atoms with Crippen molar-refractivity contribution in [3.8, 4) is 11.1 Å². The molecule has 4 rings (SSSR count). The molecule has 34 heavy (non-hydrogen) atoms. The molecule has 0 aromatic heterocycles. The van der Waals surface area contributed by atoms with Crippen LogP contribution in [-0.4, -0.2) is 13.2 Å². The highest BCUT2D eigenvalue weighted by molar-refractivity contribution is 5.77. The van der Waals surface area contributed by atoms with Crippen LogP contribution in [-0.2, 0) is 27.7 Å². The molecule has 8 heteroatoms. The molecule has 2 nitrogen and oxygen atoms in total. The molecule has 2 aromatic rings. The first-order valence-electron chi connectivity index (χ1n) is 11.8. The molecule has 0 saturated carbocycles. The Morgan fingerprint density at radius 3 is 1.97 bits per heavy atom. The molecule has 0 amide bonds. The van der Waals surface area contributed by atoms with E-state index in [0.29, 0.717) is 6.42 Å². The second-order valence-electron chi connectivity index (χ2n) is 9.11. The van der Waals surface area contributed by atoms with Crippen LogP contribution in [0.4, 0.5) is 26.3 Å². The largest absolute Gasteiger partial charge is 0.348 e. The minimum atomic E-state index is -4.96. The number of halogens is 6. The molecule has 0 unspecified atom stereocenters. The minimum absolute atomic E-state index is 0.0743. The SMILES string of the molecule is CCCCCC1COC(c2ccc3c(c2F)C(F)(F)C(F)(F)c2c-3ccc(CCC)c2F)OC1.